The fourth-order valence-electron chi connectivity index (χ4n) is 3.11. The molecule has 100 valence electrons. The minimum absolute atomic E-state index is 0.160. The first-order valence-corrected chi connectivity index (χ1v) is 6.90. The quantitative estimate of drug-likeness (QED) is 0.796. The third-order valence-electron chi connectivity index (χ3n) is 4.23. The summed E-state index contributed by atoms with van der Waals surface area (Å²) in [5.41, 5.74) is 2.52. The summed E-state index contributed by atoms with van der Waals surface area (Å²) in [5, 5.41) is 3.54. The van der Waals surface area contributed by atoms with E-state index in [1.54, 1.807) is 6.07 Å². The molecule has 1 aliphatic carbocycles. The van der Waals surface area contributed by atoms with Crippen LogP contribution in [-0.2, 0) is 0 Å². The molecule has 0 bridgehead atoms. The van der Waals surface area contributed by atoms with Gasteiger partial charge in [-0.3, -0.25) is 0 Å². The molecule has 18 heavy (non-hydrogen) atoms. The van der Waals surface area contributed by atoms with Gasteiger partial charge in [0.15, 0.2) is 0 Å². The SMILES string of the molecule is Cc1ccc(F)cc1NC1CCC(C)(C)CC1C. The van der Waals surface area contributed by atoms with Crippen molar-refractivity contribution in [3.8, 4) is 0 Å². The fraction of sp³-hybridized carbons (Fsp3) is 0.625. The average Bonchev–Trinajstić information content (AvgIpc) is 2.26. The fourth-order valence-corrected chi connectivity index (χ4v) is 3.11. The molecule has 0 radical (unpaired) electrons. The topological polar surface area (TPSA) is 12.0 Å². The molecule has 1 aliphatic rings. The van der Waals surface area contributed by atoms with Crippen molar-refractivity contribution in [3.05, 3.63) is 29.6 Å². The zero-order valence-corrected chi connectivity index (χ0v) is 11.9. The summed E-state index contributed by atoms with van der Waals surface area (Å²) in [6.07, 6.45) is 3.65. The molecule has 2 unspecified atom stereocenters. The molecule has 0 saturated heterocycles. The van der Waals surface area contributed by atoms with Crippen LogP contribution in [0.15, 0.2) is 18.2 Å². The number of rotatable bonds is 2. The molecule has 1 nitrogen and oxygen atoms in total. The van der Waals surface area contributed by atoms with Crippen LogP contribution >= 0.6 is 0 Å². The van der Waals surface area contributed by atoms with Gasteiger partial charge < -0.3 is 5.32 Å². The van der Waals surface area contributed by atoms with Crippen molar-refractivity contribution in [1.82, 2.24) is 0 Å². The van der Waals surface area contributed by atoms with Gasteiger partial charge in [-0.2, -0.15) is 0 Å². The standard InChI is InChI=1S/C16H24FN/c1-11-5-6-13(17)9-15(11)18-14-7-8-16(3,4)10-12(14)2/h5-6,9,12,14,18H,7-8,10H2,1-4H3. The van der Waals surface area contributed by atoms with E-state index in [1.165, 1.54) is 25.3 Å². The van der Waals surface area contributed by atoms with Crippen LogP contribution < -0.4 is 5.32 Å². The molecule has 0 amide bonds. The Morgan fingerprint density at radius 3 is 2.72 bits per heavy atom. The van der Waals surface area contributed by atoms with E-state index >= 15 is 0 Å². The minimum Gasteiger partial charge on any atom is -0.382 e. The molecule has 2 heteroatoms. The highest BCUT2D eigenvalue weighted by Crippen LogP contribution is 2.39. The smallest absolute Gasteiger partial charge is 0.125 e. The predicted molar refractivity (Wildman–Crippen MR) is 75.3 cm³/mol. The monoisotopic (exact) mass is 249 g/mol. The lowest BCUT2D eigenvalue weighted by Crippen LogP contribution is -2.37. The Kier molecular flexibility index (Phi) is 3.65. The van der Waals surface area contributed by atoms with Gasteiger partial charge in [0.05, 0.1) is 0 Å². The van der Waals surface area contributed by atoms with E-state index in [-0.39, 0.29) is 5.82 Å². The van der Waals surface area contributed by atoms with E-state index in [0.29, 0.717) is 17.4 Å². The third-order valence-corrected chi connectivity index (χ3v) is 4.23. The van der Waals surface area contributed by atoms with Crippen LogP contribution in [0.4, 0.5) is 10.1 Å². The van der Waals surface area contributed by atoms with Crippen LogP contribution in [0.25, 0.3) is 0 Å². The van der Waals surface area contributed by atoms with E-state index < -0.39 is 0 Å². The van der Waals surface area contributed by atoms with Crippen molar-refractivity contribution >= 4 is 5.69 Å². The maximum Gasteiger partial charge on any atom is 0.125 e. The molecule has 0 spiro atoms. The largest absolute Gasteiger partial charge is 0.382 e. The molecular formula is C16H24FN. The summed E-state index contributed by atoms with van der Waals surface area (Å²) in [7, 11) is 0. The lowest BCUT2D eigenvalue weighted by Gasteiger charge is -2.40. The number of nitrogens with one attached hydrogen (secondary N) is 1. The van der Waals surface area contributed by atoms with Gasteiger partial charge in [0, 0.05) is 11.7 Å². The van der Waals surface area contributed by atoms with Gasteiger partial charge in [0.1, 0.15) is 5.82 Å². The van der Waals surface area contributed by atoms with Crippen molar-refractivity contribution in [1.29, 1.82) is 0 Å². The highest BCUT2D eigenvalue weighted by Gasteiger charge is 2.32. The Labute approximate surface area is 110 Å². The first kappa shape index (κ1) is 13.4. The first-order valence-electron chi connectivity index (χ1n) is 6.90. The van der Waals surface area contributed by atoms with Gasteiger partial charge in [-0.1, -0.05) is 26.8 Å². The normalized spacial score (nSPS) is 26.9. The highest BCUT2D eigenvalue weighted by molar-refractivity contribution is 5.51. The summed E-state index contributed by atoms with van der Waals surface area (Å²) in [5.74, 6) is 0.475. The molecule has 1 aromatic rings. The van der Waals surface area contributed by atoms with Gasteiger partial charge in [-0.15, -0.1) is 0 Å². The van der Waals surface area contributed by atoms with Crippen molar-refractivity contribution in [3.63, 3.8) is 0 Å². The predicted octanol–water partition coefficient (Wildman–Crippen LogP) is 4.76. The zero-order valence-electron chi connectivity index (χ0n) is 11.9. The summed E-state index contributed by atoms with van der Waals surface area (Å²) in [6.45, 7) is 9.01. The second-order valence-electron chi connectivity index (χ2n) is 6.59. The molecular weight excluding hydrogens is 225 g/mol. The molecule has 0 heterocycles. The number of halogens is 1. The van der Waals surface area contributed by atoms with E-state index in [9.17, 15) is 4.39 Å². The minimum atomic E-state index is -0.160. The van der Waals surface area contributed by atoms with Crippen LogP contribution in [0, 0.1) is 24.1 Å². The van der Waals surface area contributed by atoms with Gasteiger partial charge >= 0.3 is 0 Å². The highest BCUT2D eigenvalue weighted by atomic mass is 19.1. The van der Waals surface area contributed by atoms with Gasteiger partial charge in [-0.25, -0.2) is 4.39 Å². The summed E-state index contributed by atoms with van der Waals surface area (Å²) in [6, 6.07) is 5.45. The Morgan fingerprint density at radius 2 is 2.06 bits per heavy atom. The molecule has 1 N–H and O–H groups in total. The lowest BCUT2D eigenvalue weighted by atomic mass is 9.70. The van der Waals surface area contributed by atoms with E-state index in [1.807, 2.05) is 13.0 Å². The van der Waals surface area contributed by atoms with Gasteiger partial charge in [0.2, 0.25) is 0 Å². The molecule has 1 aromatic carbocycles. The number of hydrogen-bond donors (Lipinski definition) is 1. The number of hydrogen-bond acceptors (Lipinski definition) is 1. The Morgan fingerprint density at radius 1 is 1.33 bits per heavy atom. The summed E-state index contributed by atoms with van der Waals surface area (Å²) >= 11 is 0. The second kappa shape index (κ2) is 4.91. The van der Waals surface area contributed by atoms with E-state index in [2.05, 4.69) is 26.1 Å². The molecule has 1 saturated carbocycles. The van der Waals surface area contributed by atoms with Crippen molar-refractivity contribution in [2.75, 3.05) is 5.32 Å². The van der Waals surface area contributed by atoms with Crippen molar-refractivity contribution in [2.24, 2.45) is 11.3 Å². The first-order chi connectivity index (χ1) is 8.37. The number of aryl methyl sites for hydroxylation is 1. The Balaban J connectivity index is 2.08. The lowest BCUT2D eigenvalue weighted by molar-refractivity contribution is 0.177. The maximum absolute atomic E-state index is 13.3. The molecule has 0 aromatic heterocycles. The van der Waals surface area contributed by atoms with E-state index in [0.717, 1.165) is 11.3 Å². The molecule has 2 atom stereocenters. The number of benzene rings is 1. The average molecular weight is 249 g/mol. The van der Waals surface area contributed by atoms with Gasteiger partial charge in [0.25, 0.3) is 0 Å². The van der Waals surface area contributed by atoms with Gasteiger partial charge in [-0.05, 0) is 55.2 Å². The zero-order chi connectivity index (χ0) is 13.3. The second-order valence-corrected chi connectivity index (χ2v) is 6.59. The molecule has 0 aliphatic heterocycles. The molecule has 1 fully saturated rings. The van der Waals surface area contributed by atoms with Crippen molar-refractivity contribution < 1.29 is 4.39 Å². The van der Waals surface area contributed by atoms with E-state index in [4.69, 9.17) is 0 Å². The van der Waals surface area contributed by atoms with Crippen LogP contribution in [0.5, 0.6) is 0 Å². The molecule has 2 rings (SSSR count). The number of anilines is 1. The third kappa shape index (κ3) is 3.04. The van der Waals surface area contributed by atoms with Crippen LogP contribution in [0.1, 0.15) is 45.6 Å². The van der Waals surface area contributed by atoms with Crippen LogP contribution in [-0.4, -0.2) is 6.04 Å². The van der Waals surface area contributed by atoms with Crippen LogP contribution in [0.2, 0.25) is 0 Å². The summed E-state index contributed by atoms with van der Waals surface area (Å²) in [4.78, 5) is 0. The Bertz CT molecular complexity index is 425. The Hall–Kier alpha value is -1.05. The summed E-state index contributed by atoms with van der Waals surface area (Å²) < 4.78 is 13.3. The maximum atomic E-state index is 13.3. The van der Waals surface area contributed by atoms with Crippen molar-refractivity contribution in [2.45, 2.75) is 53.0 Å². The van der Waals surface area contributed by atoms with Crippen LogP contribution in [0.3, 0.4) is 0 Å².